The molecule has 0 N–H and O–H groups in total. The van der Waals surface area contributed by atoms with E-state index in [2.05, 4.69) is 13.8 Å². The van der Waals surface area contributed by atoms with Gasteiger partial charge in [0.05, 0.1) is 19.8 Å². The van der Waals surface area contributed by atoms with Gasteiger partial charge >= 0.3 is 0 Å². The summed E-state index contributed by atoms with van der Waals surface area (Å²) in [5.74, 6) is 0.867. The summed E-state index contributed by atoms with van der Waals surface area (Å²) >= 11 is 0. The molecule has 4 nitrogen and oxygen atoms in total. The maximum Gasteiger partial charge on any atom is 0.219 e. The smallest absolute Gasteiger partial charge is 0.219 e. The van der Waals surface area contributed by atoms with Crippen LogP contribution in [0.1, 0.15) is 40.0 Å². The van der Waals surface area contributed by atoms with Crippen LogP contribution in [0.15, 0.2) is 0 Å². The predicted molar refractivity (Wildman–Crippen MR) is 73.6 cm³/mol. The maximum absolute atomic E-state index is 10.9. The van der Waals surface area contributed by atoms with E-state index in [0.29, 0.717) is 26.4 Å². The quantitative estimate of drug-likeness (QED) is 0.535. The molecule has 0 aromatic rings. The molecule has 0 aliphatic rings. The van der Waals surface area contributed by atoms with Gasteiger partial charge in [0.2, 0.25) is 5.91 Å². The summed E-state index contributed by atoms with van der Waals surface area (Å²) in [5, 5.41) is 0. The van der Waals surface area contributed by atoms with E-state index < -0.39 is 0 Å². The molecule has 0 spiro atoms. The number of amides is 1. The van der Waals surface area contributed by atoms with Crippen molar-refractivity contribution in [1.82, 2.24) is 4.90 Å². The molecule has 0 rings (SSSR count). The van der Waals surface area contributed by atoms with Crippen molar-refractivity contribution in [1.29, 1.82) is 0 Å². The Hall–Kier alpha value is -0.610. The van der Waals surface area contributed by atoms with E-state index in [1.54, 1.807) is 18.9 Å². The van der Waals surface area contributed by atoms with Crippen molar-refractivity contribution in [2.24, 2.45) is 5.92 Å². The van der Waals surface area contributed by atoms with Crippen LogP contribution in [-0.2, 0) is 14.3 Å². The van der Waals surface area contributed by atoms with Gasteiger partial charge in [0, 0.05) is 27.1 Å². The average molecular weight is 259 g/mol. The van der Waals surface area contributed by atoms with E-state index in [1.807, 2.05) is 0 Å². The largest absolute Gasteiger partial charge is 0.379 e. The molecule has 1 atom stereocenters. The van der Waals surface area contributed by atoms with Crippen molar-refractivity contribution in [2.75, 3.05) is 40.0 Å². The Labute approximate surface area is 112 Å². The van der Waals surface area contributed by atoms with E-state index in [-0.39, 0.29) is 5.91 Å². The van der Waals surface area contributed by atoms with Gasteiger partial charge in [-0.2, -0.15) is 0 Å². The third-order valence-electron chi connectivity index (χ3n) is 3.16. The molecule has 0 heterocycles. The first kappa shape index (κ1) is 17.4. The number of rotatable bonds is 11. The fourth-order valence-corrected chi connectivity index (χ4v) is 1.42. The minimum Gasteiger partial charge on any atom is -0.379 e. The van der Waals surface area contributed by atoms with E-state index in [0.717, 1.165) is 18.9 Å². The molecule has 0 aromatic carbocycles. The van der Waals surface area contributed by atoms with Crippen molar-refractivity contribution in [3.8, 4) is 0 Å². The van der Waals surface area contributed by atoms with Crippen LogP contribution in [0.25, 0.3) is 0 Å². The summed E-state index contributed by atoms with van der Waals surface area (Å²) in [6.07, 6.45) is 3.61. The first-order chi connectivity index (χ1) is 8.57. The standard InChI is InChI=1S/C14H29NO3/c1-5-13(2)7-6-9-17-11-12-18-10-8-15(4)14(3)16/h13H,5-12H2,1-4H3. The Morgan fingerprint density at radius 1 is 1.17 bits per heavy atom. The lowest BCUT2D eigenvalue weighted by molar-refractivity contribution is -0.128. The Bertz CT molecular complexity index is 209. The van der Waals surface area contributed by atoms with Gasteiger partial charge in [-0.1, -0.05) is 20.3 Å². The predicted octanol–water partition coefficient (Wildman–Crippen LogP) is 2.32. The second-order valence-electron chi connectivity index (χ2n) is 4.82. The van der Waals surface area contributed by atoms with Crippen LogP contribution < -0.4 is 0 Å². The van der Waals surface area contributed by atoms with Crippen molar-refractivity contribution in [3.05, 3.63) is 0 Å². The molecule has 1 unspecified atom stereocenters. The molecule has 108 valence electrons. The second-order valence-corrected chi connectivity index (χ2v) is 4.82. The number of carbonyl (C=O) groups excluding carboxylic acids is 1. The summed E-state index contributed by atoms with van der Waals surface area (Å²) in [7, 11) is 1.77. The molecule has 18 heavy (non-hydrogen) atoms. The van der Waals surface area contributed by atoms with Crippen LogP contribution in [0, 0.1) is 5.92 Å². The van der Waals surface area contributed by atoms with Gasteiger partial charge in [0.25, 0.3) is 0 Å². The Kier molecular flexibility index (Phi) is 11.1. The van der Waals surface area contributed by atoms with Crippen molar-refractivity contribution < 1.29 is 14.3 Å². The van der Waals surface area contributed by atoms with E-state index in [9.17, 15) is 4.79 Å². The molecule has 0 fully saturated rings. The lowest BCUT2D eigenvalue weighted by Crippen LogP contribution is -2.28. The average Bonchev–Trinajstić information content (AvgIpc) is 2.35. The zero-order chi connectivity index (χ0) is 13.8. The van der Waals surface area contributed by atoms with Gasteiger partial charge in [0.15, 0.2) is 0 Å². The number of nitrogens with zero attached hydrogens (tertiary/aromatic N) is 1. The third-order valence-corrected chi connectivity index (χ3v) is 3.16. The van der Waals surface area contributed by atoms with Crippen LogP contribution >= 0.6 is 0 Å². The lowest BCUT2D eigenvalue weighted by Gasteiger charge is -2.14. The van der Waals surface area contributed by atoms with Crippen LogP contribution in [-0.4, -0.2) is 50.8 Å². The molecule has 0 saturated heterocycles. The number of hydrogen-bond donors (Lipinski definition) is 0. The number of likely N-dealkylation sites (N-methyl/N-ethyl adjacent to an activating group) is 1. The van der Waals surface area contributed by atoms with E-state index in [1.165, 1.54) is 12.8 Å². The molecule has 0 aromatic heterocycles. The minimum atomic E-state index is 0.0693. The summed E-state index contributed by atoms with van der Waals surface area (Å²) in [6.45, 7) is 9.34. The number of ether oxygens (including phenoxy) is 2. The highest BCUT2D eigenvalue weighted by atomic mass is 16.5. The first-order valence-corrected chi connectivity index (χ1v) is 6.95. The number of hydrogen-bond acceptors (Lipinski definition) is 3. The molecule has 0 aliphatic heterocycles. The van der Waals surface area contributed by atoms with Crippen LogP contribution in [0.3, 0.4) is 0 Å². The van der Waals surface area contributed by atoms with E-state index >= 15 is 0 Å². The lowest BCUT2D eigenvalue weighted by atomic mass is 10.0. The Morgan fingerprint density at radius 2 is 1.78 bits per heavy atom. The van der Waals surface area contributed by atoms with Gasteiger partial charge in [-0.05, 0) is 18.8 Å². The van der Waals surface area contributed by atoms with Crippen molar-refractivity contribution >= 4 is 5.91 Å². The molecule has 0 bridgehead atoms. The maximum atomic E-state index is 10.9. The fourth-order valence-electron chi connectivity index (χ4n) is 1.42. The molecular formula is C14H29NO3. The Balaban J connectivity index is 3.14. The highest BCUT2D eigenvalue weighted by Crippen LogP contribution is 2.08. The van der Waals surface area contributed by atoms with Crippen molar-refractivity contribution in [2.45, 2.75) is 40.0 Å². The molecule has 0 radical (unpaired) electrons. The molecular weight excluding hydrogens is 230 g/mol. The number of carbonyl (C=O) groups is 1. The molecule has 4 heteroatoms. The van der Waals surface area contributed by atoms with Crippen LogP contribution in [0.5, 0.6) is 0 Å². The highest BCUT2D eigenvalue weighted by Gasteiger charge is 2.01. The molecule has 0 saturated carbocycles. The minimum absolute atomic E-state index is 0.0693. The molecule has 0 aliphatic carbocycles. The summed E-state index contributed by atoms with van der Waals surface area (Å²) in [6, 6.07) is 0. The van der Waals surface area contributed by atoms with Crippen LogP contribution in [0.4, 0.5) is 0 Å². The normalized spacial score (nSPS) is 12.4. The zero-order valence-corrected chi connectivity index (χ0v) is 12.4. The van der Waals surface area contributed by atoms with E-state index in [4.69, 9.17) is 9.47 Å². The van der Waals surface area contributed by atoms with Gasteiger partial charge in [-0.25, -0.2) is 0 Å². The summed E-state index contributed by atoms with van der Waals surface area (Å²) in [5.41, 5.74) is 0. The van der Waals surface area contributed by atoms with Gasteiger partial charge < -0.3 is 14.4 Å². The highest BCUT2D eigenvalue weighted by molar-refractivity contribution is 5.72. The SMILES string of the molecule is CCC(C)CCCOCCOCCN(C)C(C)=O. The fraction of sp³-hybridized carbons (Fsp3) is 0.929. The second kappa shape index (κ2) is 11.5. The van der Waals surface area contributed by atoms with Gasteiger partial charge in [0.1, 0.15) is 0 Å². The summed E-state index contributed by atoms with van der Waals surface area (Å²) in [4.78, 5) is 12.6. The first-order valence-electron chi connectivity index (χ1n) is 6.95. The molecule has 1 amide bonds. The topological polar surface area (TPSA) is 38.8 Å². The Morgan fingerprint density at radius 3 is 2.33 bits per heavy atom. The van der Waals surface area contributed by atoms with Crippen LogP contribution in [0.2, 0.25) is 0 Å². The third kappa shape index (κ3) is 10.5. The summed E-state index contributed by atoms with van der Waals surface area (Å²) < 4.78 is 10.9. The monoisotopic (exact) mass is 259 g/mol. The van der Waals surface area contributed by atoms with Gasteiger partial charge in [-0.3, -0.25) is 4.79 Å². The van der Waals surface area contributed by atoms with Gasteiger partial charge in [-0.15, -0.1) is 0 Å². The van der Waals surface area contributed by atoms with Crippen molar-refractivity contribution in [3.63, 3.8) is 0 Å². The zero-order valence-electron chi connectivity index (χ0n) is 12.4.